The molecule has 1 unspecified atom stereocenters. The number of hydrogen-bond acceptors (Lipinski definition) is 3. The number of para-hydroxylation sites is 1. The van der Waals surface area contributed by atoms with Crippen LogP contribution in [-0.2, 0) is 16.0 Å². The maximum absolute atomic E-state index is 12.1. The maximum Gasteiger partial charge on any atom is 0.222 e. The summed E-state index contributed by atoms with van der Waals surface area (Å²) in [7, 11) is 1.87. The van der Waals surface area contributed by atoms with Crippen LogP contribution < -0.4 is 5.73 Å². The highest BCUT2D eigenvalue weighted by Gasteiger charge is 2.19. The van der Waals surface area contributed by atoms with Gasteiger partial charge < -0.3 is 15.4 Å². The number of aryl methyl sites for hydroxylation is 1. The lowest BCUT2D eigenvalue weighted by Gasteiger charge is -2.20. The molecule has 1 amide bonds. The molecule has 19 heavy (non-hydrogen) atoms. The standard InChI is InChI=1S/C15H22N2O2/c1-17(10-12-8-9-19-11-12)15(18)7-6-13-4-2-3-5-14(13)16/h2-5,12H,6-11,16H2,1H3. The third-order valence-electron chi connectivity index (χ3n) is 3.65. The Balaban J connectivity index is 1.78. The minimum atomic E-state index is 0.176. The van der Waals surface area contributed by atoms with Gasteiger partial charge in [-0.2, -0.15) is 0 Å². The fourth-order valence-electron chi connectivity index (χ4n) is 2.41. The van der Waals surface area contributed by atoms with Crippen LogP contribution in [0.15, 0.2) is 24.3 Å². The average molecular weight is 262 g/mol. The van der Waals surface area contributed by atoms with Gasteiger partial charge in [0.15, 0.2) is 0 Å². The zero-order valence-corrected chi connectivity index (χ0v) is 11.5. The van der Waals surface area contributed by atoms with Gasteiger partial charge in [0, 0.05) is 38.2 Å². The normalized spacial score (nSPS) is 18.5. The lowest BCUT2D eigenvalue weighted by Crippen LogP contribution is -2.32. The lowest BCUT2D eigenvalue weighted by molar-refractivity contribution is -0.130. The first-order valence-electron chi connectivity index (χ1n) is 6.82. The summed E-state index contributed by atoms with van der Waals surface area (Å²) in [5.74, 6) is 0.672. The van der Waals surface area contributed by atoms with Crippen LogP contribution in [0.25, 0.3) is 0 Å². The van der Waals surface area contributed by atoms with E-state index in [0.29, 0.717) is 18.8 Å². The summed E-state index contributed by atoms with van der Waals surface area (Å²) in [6.45, 7) is 2.40. The molecule has 2 rings (SSSR count). The molecule has 1 atom stereocenters. The Morgan fingerprint density at radius 1 is 1.47 bits per heavy atom. The van der Waals surface area contributed by atoms with Crippen molar-refractivity contribution in [1.82, 2.24) is 4.90 Å². The van der Waals surface area contributed by atoms with Crippen molar-refractivity contribution in [3.63, 3.8) is 0 Å². The minimum Gasteiger partial charge on any atom is -0.399 e. The molecular formula is C15H22N2O2. The number of ether oxygens (including phenoxy) is 1. The molecule has 1 heterocycles. The molecule has 4 nitrogen and oxygen atoms in total. The first-order chi connectivity index (χ1) is 9.16. The van der Waals surface area contributed by atoms with Crippen LogP contribution in [0.1, 0.15) is 18.4 Å². The van der Waals surface area contributed by atoms with E-state index in [0.717, 1.165) is 37.4 Å². The van der Waals surface area contributed by atoms with Crippen LogP contribution in [0.3, 0.4) is 0 Å². The van der Waals surface area contributed by atoms with Gasteiger partial charge >= 0.3 is 0 Å². The molecule has 1 saturated heterocycles. The summed E-state index contributed by atoms with van der Waals surface area (Å²) >= 11 is 0. The quantitative estimate of drug-likeness (QED) is 0.822. The van der Waals surface area contributed by atoms with Gasteiger partial charge in [-0.05, 0) is 24.5 Å². The Hall–Kier alpha value is -1.55. The monoisotopic (exact) mass is 262 g/mol. The second-order valence-corrected chi connectivity index (χ2v) is 5.20. The van der Waals surface area contributed by atoms with Crippen molar-refractivity contribution in [2.45, 2.75) is 19.3 Å². The predicted octanol–water partition coefficient (Wildman–Crippen LogP) is 1.70. The number of benzene rings is 1. The fourth-order valence-corrected chi connectivity index (χ4v) is 2.41. The Labute approximate surface area is 114 Å². The topological polar surface area (TPSA) is 55.6 Å². The molecule has 0 spiro atoms. The molecule has 0 aromatic heterocycles. The van der Waals surface area contributed by atoms with Crippen LogP contribution in [0.4, 0.5) is 5.69 Å². The highest BCUT2D eigenvalue weighted by molar-refractivity contribution is 5.76. The van der Waals surface area contributed by atoms with Gasteiger partial charge in [-0.3, -0.25) is 4.79 Å². The van der Waals surface area contributed by atoms with E-state index in [4.69, 9.17) is 10.5 Å². The number of rotatable bonds is 5. The Bertz CT molecular complexity index is 428. The van der Waals surface area contributed by atoms with Crippen LogP contribution in [0.2, 0.25) is 0 Å². The van der Waals surface area contributed by atoms with Crippen molar-refractivity contribution in [1.29, 1.82) is 0 Å². The second-order valence-electron chi connectivity index (χ2n) is 5.20. The fraction of sp³-hybridized carbons (Fsp3) is 0.533. The van der Waals surface area contributed by atoms with E-state index < -0.39 is 0 Å². The number of carbonyl (C=O) groups is 1. The van der Waals surface area contributed by atoms with E-state index in [1.54, 1.807) is 0 Å². The van der Waals surface area contributed by atoms with Gasteiger partial charge in [-0.1, -0.05) is 18.2 Å². The number of nitrogens with two attached hydrogens (primary N) is 1. The molecule has 104 valence electrons. The van der Waals surface area contributed by atoms with Gasteiger partial charge in [0.25, 0.3) is 0 Å². The molecule has 0 saturated carbocycles. The minimum absolute atomic E-state index is 0.176. The number of hydrogen-bond donors (Lipinski definition) is 1. The molecule has 0 bridgehead atoms. The van der Waals surface area contributed by atoms with Gasteiger partial charge in [0.2, 0.25) is 5.91 Å². The summed E-state index contributed by atoms with van der Waals surface area (Å²) < 4.78 is 5.33. The summed E-state index contributed by atoms with van der Waals surface area (Å²) in [6, 6.07) is 7.72. The summed E-state index contributed by atoms with van der Waals surface area (Å²) in [5, 5.41) is 0. The van der Waals surface area contributed by atoms with Crippen molar-refractivity contribution < 1.29 is 9.53 Å². The lowest BCUT2D eigenvalue weighted by atomic mass is 10.1. The molecule has 4 heteroatoms. The smallest absolute Gasteiger partial charge is 0.222 e. The van der Waals surface area contributed by atoms with E-state index in [1.807, 2.05) is 36.2 Å². The Morgan fingerprint density at radius 3 is 2.95 bits per heavy atom. The molecule has 1 aromatic carbocycles. The van der Waals surface area contributed by atoms with E-state index >= 15 is 0 Å². The molecule has 0 aliphatic carbocycles. The Morgan fingerprint density at radius 2 is 2.26 bits per heavy atom. The molecule has 1 fully saturated rings. The largest absolute Gasteiger partial charge is 0.399 e. The number of nitrogen functional groups attached to an aromatic ring is 1. The first kappa shape index (κ1) is 13.9. The molecule has 1 aliphatic rings. The highest BCUT2D eigenvalue weighted by atomic mass is 16.5. The zero-order chi connectivity index (χ0) is 13.7. The molecule has 0 radical (unpaired) electrons. The van der Waals surface area contributed by atoms with Crippen LogP contribution >= 0.6 is 0 Å². The van der Waals surface area contributed by atoms with Crippen molar-refractivity contribution in [3.8, 4) is 0 Å². The van der Waals surface area contributed by atoms with Crippen LogP contribution in [-0.4, -0.2) is 37.6 Å². The molecular weight excluding hydrogens is 240 g/mol. The van der Waals surface area contributed by atoms with Crippen molar-refractivity contribution in [2.75, 3.05) is 32.5 Å². The van der Waals surface area contributed by atoms with Crippen LogP contribution in [0.5, 0.6) is 0 Å². The summed E-state index contributed by atoms with van der Waals surface area (Å²) in [4.78, 5) is 13.9. The third-order valence-corrected chi connectivity index (χ3v) is 3.65. The Kier molecular flexibility index (Phi) is 4.80. The maximum atomic E-state index is 12.1. The van der Waals surface area contributed by atoms with Crippen molar-refractivity contribution in [2.24, 2.45) is 5.92 Å². The molecule has 1 aromatic rings. The third kappa shape index (κ3) is 3.96. The summed E-state index contributed by atoms with van der Waals surface area (Å²) in [5.41, 5.74) is 7.69. The first-order valence-corrected chi connectivity index (χ1v) is 6.82. The van der Waals surface area contributed by atoms with Crippen molar-refractivity contribution >= 4 is 11.6 Å². The van der Waals surface area contributed by atoms with E-state index in [-0.39, 0.29) is 5.91 Å². The second kappa shape index (κ2) is 6.57. The summed E-state index contributed by atoms with van der Waals surface area (Å²) in [6.07, 6.45) is 2.28. The van der Waals surface area contributed by atoms with Gasteiger partial charge in [-0.15, -0.1) is 0 Å². The number of nitrogens with zero attached hydrogens (tertiary/aromatic N) is 1. The average Bonchev–Trinajstić information content (AvgIpc) is 2.90. The van der Waals surface area contributed by atoms with E-state index in [2.05, 4.69) is 0 Å². The van der Waals surface area contributed by atoms with E-state index in [1.165, 1.54) is 0 Å². The van der Waals surface area contributed by atoms with Crippen molar-refractivity contribution in [3.05, 3.63) is 29.8 Å². The molecule has 1 aliphatic heterocycles. The number of carbonyl (C=O) groups excluding carboxylic acids is 1. The SMILES string of the molecule is CN(CC1CCOC1)C(=O)CCc1ccccc1N. The van der Waals surface area contributed by atoms with Gasteiger partial charge in [-0.25, -0.2) is 0 Å². The molecule has 2 N–H and O–H groups in total. The van der Waals surface area contributed by atoms with Crippen LogP contribution in [0, 0.1) is 5.92 Å². The van der Waals surface area contributed by atoms with Gasteiger partial charge in [0.1, 0.15) is 0 Å². The van der Waals surface area contributed by atoms with E-state index in [9.17, 15) is 4.79 Å². The zero-order valence-electron chi connectivity index (χ0n) is 11.5. The predicted molar refractivity (Wildman–Crippen MR) is 75.7 cm³/mol. The van der Waals surface area contributed by atoms with Gasteiger partial charge in [0.05, 0.1) is 6.61 Å². The highest BCUT2D eigenvalue weighted by Crippen LogP contribution is 2.15. The number of anilines is 1. The number of amides is 1.